The number of aliphatic imine (C=N–C) groups is 1. The van der Waals surface area contributed by atoms with Gasteiger partial charge >= 0.3 is 0 Å². The van der Waals surface area contributed by atoms with E-state index in [1.807, 2.05) is 18.2 Å². The zero-order valence-electron chi connectivity index (χ0n) is 13.5. The van der Waals surface area contributed by atoms with E-state index in [0.717, 1.165) is 41.1 Å². The smallest absolute Gasteiger partial charge is 0.256 e. The fourth-order valence-electron chi connectivity index (χ4n) is 2.98. The van der Waals surface area contributed by atoms with E-state index in [-0.39, 0.29) is 12.5 Å². The molecule has 0 spiro atoms. The van der Waals surface area contributed by atoms with Crippen molar-refractivity contribution in [1.29, 1.82) is 0 Å². The summed E-state index contributed by atoms with van der Waals surface area (Å²) in [5.74, 6) is 0.659. The number of amidine groups is 1. The molecule has 7 heteroatoms. The molecule has 0 saturated carbocycles. The molecule has 1 aliphatic rings. The molecule has 0 fully saturated rings. The van der Waals surface area contributed by atoms with Crippen molar-refractivity contribution in [3.05, 3.63) is 59.4 Å². The predicted molar refractivity (Wildman–Crippen MR) is 97.8 cm³/mol. The molecule has 1 aliphatic heterocycles. The number of hydrogen-bond donors (Lipinski definition) is 4. The van der Waals surface area contributed by atoms with Crippen molar-refractivity contribution in [3.63, 3.8) is 0 Å². The lowest BCUT2D eigenvalue weighted by Gasteiger charge is -2.12. The van der Waals surface area contributed by atoms with Crippen LogP contribution in [-0.4, -0.2) is 34.8 Å². The minimum atomic E-state index is -0.193. The quantitative estimate of drug-likeness (QED) is 0.581. The van der Waals surface area contributed by atoms with Crippen LogP contribution in [0.1, 0.15) is 21.5 Å². The van der Waals surface area contributed by atoms with Gasteiger partial charge in [-0.05, 0) is 29.8 Å². The van der Waals surface area contributed by atoms with Crippen LogP contribution in [0.25, 0.3) is 11.0 Å². The topological polar surface area (TPSA) is 108 Å². The first-order valence-corrected chi connectivity index (χ1v) is 8.11. The number of anilines is 1. The molecule has 3 aromatic rings. The van der Waals surface area contributed by atoms with E-state index in [4.69, 9.17) is 5.73 Å². The van der Waals surface area contributed by atoms with E-state index in [9.17, 15) is 4.79 Å². The highest BCUT2D eigenvalue weighted by Crippen LogP contribution is 2.22. The number of amides is 1. The first kappa shape index (κ1) is 15.3. The molecule has 3 heterocycles. The minimum absolute atomic E-state index is 0.193. The molecule has 2 aromatic heterocycles. The number of H-pyrrole nitrogens is 1. The lowest BCUT2D eigenvalue weighted by atomic mass is 10.0. The molecule has 1 amide bonds. The van der Waals surface area contributed by atoms with E-state index in [0.29, 0.717) is 11.3 Å². The van der Waals surface area contributed by atoms with Crippen molar-refractivity contribution in [2.24, 2.45) is 10.7 Å². The first-order chi connectivity index (χ1) is 12.3. The Labute approximate surface area is 144 Å². The lowest BCUT2D eigenvalue weighted by molar-refractivity contribution is 0.102. The van der Waals surface area contributed by atoms with Gasteiger partial charge in [-0.1, -0.05) is 6.07 Å². The second-order valence-electron chi connectivity index (χ2n) is 5.79. The maximum atomic E-state index is 12.7. The van der Waals surface area contributed by atoms with E-state index in [1.54, 1.807) is 24.5 Å². The summed E-state index contributed by atoms with van der Waals surface area (Å²) >= 11 is 0. The fraction of sp³-hybridized carbons (Fsp3) is 0.167. The summed E-state index contributed by atoms with van der Waals surface area (Å²) in [5, 5.41) is 7.05. The number of benzene rings is 1. The summed E-state index contributed by atoms with van der Waals surface area (Å²) in [6.07, 6.45) is 3.45. The molecule has 1 aromatic carbocycles. The molecule has 0 aliphatic carbocycles. The van der Waals surface area contributed by atoms with Gasteiger partial charge in [0, 0.05) is 42.0 Å². The molecule has 7 nitrogen and oxygen atoms in total. The Kier molecular flexibility index (Phi) is 3.91. The Balaban J connectivity index is 1.64. The van der Waals surface area contributed by atoms with Crippen LogP contribution >= 0.6 is 0 Å². The molecular formula is C18H18N6O. The zero-order valence-corrected chi connectivity index (χ0v) is 13.5. The third-order valence-electron chi connectivity index (χ3n) is 4.23. The minimum Gasteiger partial charge on any atom is -0.368 e. The number of hydrogen-bond acceptors (Lipinski definition) is 5. The van der Waals surface area contributed by atoms with E-state index in [2.05, 4.69) is 25.6 Å². The number of carbonyl (C=O) groups excluding carboxylic acids is 1. The normalized spacial score (nSPS) is 13.6. The van der Waals surface area contributed by atoms with Gasteiger partial charge in [-0.15, -0.1) is 0 Å². The van der Waals surface area contributed by atoms with Crippen molar-refractivity contribution in [2.45, 2.75) is 6.54 Å². The molecule has 4 rings (SSSR count). The maximum absolute atomic E-state index is 12.7. The highest BCUT2D eigenvalue weighted by atomic mass is 16.1. The Bertz CT molecular complexity index is 975. The molecule has 5 N–H and O–H groups in total. The van der Waals surface area contributed by atoms with Crippen molar-refractivity contribution in [2.75, 3.05) is 18.4 Å². The van der Waals surface area contributed by atoms with Gasteiger partial charge in [0.25, 0.3) is 5.91 Å². The Hall–Kier alpha value is -3.19. The second-order valence-corrected chi connectivity index (χ2v) is 5.79. The number of nitrogens with zero attached hydrogens (tertiary/aromatic N) is 2. The van der Waals surface area contributed by atoms with Gasteiger partial charge in [-0.25, -0.2) is 4.98 Å². The molecule has 25 heavy (non-hydrogen) atoms. The van der Waals surface area contributed by atoms with Crippen molar-refractivity contribution in [1.82, 2.24) is 15.3 Å². The highest BCUT2D eigenvalue weighted by Gasteiger charge is 2.16. The molecular weight excluding hydrogens is 316 g/mol. The third-order valence-corrected chi connectivity index (χ3v) is 4.23. The highest BCUT2D eigenvalue weighted by molar-refractivity contribution is 6.10. The molecule has 0 atom stereocenters. The second kappa shape index (κ2) is 6.37. The Morgan fingerprint density at radius 2 is 2.20 bits per heavy atom. The summed E-state index contributed by atoms with van der Waals surface area (Å²) < 4.78 is 0. The van der Waals surface area contributed by atoms with Gasteiger partial charge in [0.2, 0.25) is 0 Å². The number of aromatic amines is 1. The number of carbonyl (C=O) groups is 1. The zero-order chi connectivity index (χ0) is 17.2. The van der Waals surface area contributed by atoms with Crippen LogP contribution in [0.5, 0.6) is 0 Å². The van der Waals surface area contributed by atoms with Crippen LogP contribution in [0.2, 0.25) is 0 Å². The fourth-order valence-corrected chi connectivity index (χ4v) is 2.98. The average molecular weight is 334 g/mol. The van der Waals surface area contributed by atoms with Crippen LogP contribution in [0, 0.1) is 0 Å². The maximum Gasteiger partial charge on any atom is 0.256 e. The number of rotatable bonds is 4. The first-order valence-electron chi connectivity index (χ1n) is 8.11. The molecule has 126 valence electrons. The number of nitrogens with one attached hydrogen (secondary N) is 3. The third kappa shape index (κ3) is 2.85. The van der Waals surface area contributed by atoms with E-state index < -0.39 is 0 Å². The predicted octanol–water partition coefficient (Wildman–Crippen LogP) is 1.62. The van der Waals surface area contributed by atoms with Gasteiger partial charge in [0.1, 0.15) is 11.5 Å². The van der Waals surface area contributed by atoms with Crippen LogP contribution in [0.3, 0.4) is 0 Å². The van der Waals surface area contributed by atoms with Crippen molar-refractivity contribution in [3.8, 4) is 0 Å². The van der Waals surface area contributed by atoms with Crippen LogP contribution < -0.4 is 16.4 Å². The van der Waals surface area contributed by atoms with Gasteiger partial charge in [-0.3, -0.25) is 9.79 Å². The Morgan fingerprint density at radius 1 is 1.28 bits per heavy atom. The summed E-state index contributed by atoms with van der Waals surface area (Å²) in [6, 6.07) is 9.27. The van der Waals surface area contributed by atoms with E-state index >= 15 is 0 Å². The van der Waals surface area contributed by atoms with Crippen LogP contribution in [0.4, 0.5) is 5.69 Å². The molecule has 0 bridgehead atoms. The summed E-state index contributed by atoms with van der Waals surface area (Å²) in [6.45, 7) is 1.88. The number of fused-ring (bicyclic) bond motifs is 1. The Morgan fingerprint density at radius 3 is 3.00 bits per heavy atom. The molecule has 0 unspecified atom stereocenters. The summed E-state index contributed by atoms with van der Waals surface area (Å²) in [7, 11) is 0. The lowest BCUT2D eigenvalue weighted by Crippen LogP contribution is -2.21. The van der Waals surface area contributed by atoms with E-state index in [1.165, 1.54) is 0 Å². The number of pyridine rings is 1. The van der Waals surface area contributed by atoms with Gasteiger partial charge < -0.3 is 21.4 Å². The van der Waals surface area contributed by atoms with Crippen molar-refractivity contribution >= 4 is 28.5 Å². The van der Waals surface area contributed by atoms with Gasteiger partial charge in [0.15, 0.2) is 0 Å². The SMILES string of the molecule is NCc1cc(C2=NCCN2)ccc1C(=O)Nc1ccnc2[nH]ccc12. The van der Waals surface area contributed by atoms with Crippen LogP contribution in [-0.2, 0) is 6.54 Å². The summed E-state index contributed by atoms with van der Waals surface area (Å²) in [5.41, 5.74) is 9.61. The monoisotopic (exact) mass is 334 g/mol. The molecule has 0 saturated heterocycles. The standard InChI is InChI=1S/C18H18N6O/c19-10-12-9-11(16-22-7-8-23-16)1-2-13(12)18(25)24-15-4-6-21-17-14(15)3-5-20-17/h1-6,9H,7-8,10,19H2,(H,22,23)(H2,20,21,24,25). The number of nitrogens with two attached hydrogens (primary N) is 1. The number of aromatic nitrogens is 2. The van der Waals surface area contributed by atoms with Gasteiger partial charge in [0.05, 0.1) is 12.2 Å². The summed E-state index contributed by atoms with van der Waals surface area (Å²) in [4.78, 5) is 24.4. The van der Waals surface area contributed by atoms with Crippen LogP contribution in [0.15, 0.2) is 47.7 Å². The molecule has 0 radical (unpaired) electrons. The average Bonchev–Trinajstić information content (AvgIpc) is 3.33. The largest absolute Gasteiger partial charge is 0.368 e. The van der Waals surface area contributed by atoms with Gasteiger partial charge in [-0.2, -0.15) is 0 Å². The van der Waals surface area contributed by atoms with Crippen molar-refractivity contribution < 1.29 is 4.79 Å².